The van der Waals surface area contributed by atoms with E-state index in [1.165, 1.54) is 25.1 Å². The zero-order valence-corrected chi connectivity index (χ0v) is 9.00. The van der Waals surface area contributed by atoms with Crippen LogP contribution in [0.4, 0.5) is 5.69 Å². The maximum Gasteiger partial charge on any atom is 0.280 e. The molecule has 6 nitrogen and oxygen atoms in total. The predicted molar refractivity (Wildman–Crippen MR) is 58.1 cm³/mol. The molecule has 0 bridgehead atoms. The van der Waals surface area contributed by atoms with Gasteiger partial charge in [0.15, 0.2) is 11.6 Å². The number of aldehydes is 1. The Morgan fingerprint density at radius 3 is 2.41 bits per heavy atom. The van der Waals surface area contributed by atoms with E-state index in [0.29, 0.717) is 0 Å². The van der Waals surface area contributed by atoms with Gasteiger partial charge in [-0.05, 0) is 6.92 Å². The zero-order valence-electron chi connectivity index (χ0n) is 9.00. The van der Waals surface area contributed by atoms with E-state index in [9.17, 15) is 19.7 Å². The first-order valence-corrected chi connectivity index (χ1v) is 4.76. The summed E-state index contributed by atoms with van der Waals surface area (Å²) in [6.07, 6.45) is 0.500. The number of rotatable bonds is 1. The molecule has 0 heterocycles. The van der Waals surface area contributed by atoms with Gasteiger partial charge < -0.3 is 4.79 Å². The second-order valence-electron chi connectivity index (χ2n) is 3.22. The summed E-state index contributed by atoms with van der Waals surface area (Å²) < 4.78 is 0. The monoisotopic (exact) mass is 235 g/mol. The molecule has 88 valence electrons. The van der Waals surface area contributed by atoms with Crippen molar-refractivity contribution in [3.63, 3.8) is 0 Å². The Labute approximate surface area is 96.4 Å². The van der Waals surface area contributed by atoms with Crippen LogP contribution in [0.5, 0.6) is 0 Å². The van der Waals surface area contributed by atoms with Crippen molar-refractivity contribution in [1.29, 1.82) is 0 Å². The van der Waals surface area contributed by atoms with Gasteiger partial charge >= 0.3 is 0 Å². The molecule has 1 aromatic rings. The zero-order chi connectivity index (χ0) is 13.0. The van der Waals surface area contributed by atoms with Crippen molar-refractivity contribution in [3.8, 4) is 0 Å². The van der Waals surface area contributed by atoms with E-state index in [-0.39, 0.29) is 29.0 Å². The fourth-order valence-corrected chi connectivity index (χ4v) is 1.55. The SMILES string of the molecule is CC=O.O=C1CC(=O)c2c1cccc2[N+](=O)[O-]. The van der Waals surface area contributed by atoms with Gasteiger partial charge in [0.2, 0.25) is 0 Å². The molecule has 1 aliphatic rings. The van der Waals surface area contributed by atoms with Crippen LogP contribution in [0.25, 0.3) is 0 Å². The van der Waals surface area contributed by atoms with E-state index in [2.05, 4.69) is 0 Å². The minimum absolute atomic E-state index is 0.0394. The average molecular weight is 235 g/mol. The summed E-state index contributed by atoms with van der Waals surface area (Å²) in [5.41, 5.74) is -0.148. The Bertz CT molecular complexity index is 507. The van der Waals surface area contributed by atoms with Crippen LogP contribution in [0.15, 0.2) is 18.2 Å². The van der Waals surface area contributed by atoms with Gasteiger partial charge in [-0.1, -0.05) is 12.1 Å². The van der Waals surface area contributed by atoms with E-state index in [0.717, 1.165) is 6.29 Å². The van der Waals surface area contributed by atoms with Gasteiger partial charge in [-0.3, -0.25) is 19.7 Å². The van der Waals surface area contributed by atoms with Crippen LogP contribution in [0, 0.1) is 10.1 Å². The molecule has 0 N–H and O–H groups in total. The number of nitro groups is 1. The highest BCUT2D eigenvalue weighted by Crippen LogP contribution is 2.29. The van der Waals surface area contributed by atoms with E-state index < -0.39 is 10.7 Å². The summed E-state index contributed by atoms with van der Waals surface area (Å²) in [5.74, 6) is -0.800. The van der Waals surface area contributed by atoms with Gasteiger partial charge in [0.05, 0.1) is 11.3 Å². The normalized spacial score (nSPS) is 12.5. The summed E-state index contributed by atoms with van der Waals surface area (Å²) in [7, 11) is 0. The Balaban J connectivity index is 0.000000437. The topological polar surface area (TPSA) is 94.3 Å². The fraction of sp³-hybridized carbons (Fsp3) is 0.182. The van der Waals surface area contributed by atoms with Crippen LogP contribution >= 0.6 is 0 Å². The summed E-state index contributed by atoms with van der Waals surface area (Å²) in [5, 5.41) is 10.6. The molecule has 2 rings (SSSR count). The van der Waals surface area contributed by atoms with E-state index in [1.54, 1.807) is 0 Å². The standard InChI is InChI=1S/C9H5NO4.C2H4O/c11-7-4-8(12)9-5(7)2-1-3-6(9)10(13)14;1-2-3/h1-3H,4H2;2H,1H3. The van der Waals surface area contributed by atoms with Gasteiger partial charge in [-0.25, -0.2) is 0 Å². The number of benzene rings is 1. The molecule has 0 radical (unpaired) electrons. The summed E-state index contributed by atoms with van der Waals surface area (Å²) in [6, 6.07) is 4.08. The highest BCUT2D eigenvalue weighted by atomic mass is 16.6. The lowest BCUT2D eigenvalue weighted by Crippen LogP contribution is -1.99. The third kappa shape index (κ3) is 2.41. The third-order valence-corrected chi connectivity index (χ3v) is 2.14. The number of carbonyl (C=O) groups excluding carboxylic acids is 3. The number of nitro benzene ring substituents is 1. The predicted octanol–water partition coefficient (Wildman–Crippen LogP) is 1.57. The Hall–Kier alpha value is -2.37. The highest BCUT2D eigenvalue weighted by molar-refractivity contribution is 6.25. The van der Waals surface area contributed by atoms with Crippen molar-refractivity contribution >= 4 is 23.5 Å². The molecule has 0 amide bonds. The summed E-state index contributed by atoms with van der Waals surface area (Å²) in [6.45, 7) is 1.44. The first-order chi connectivity index (χ1) is 8.02. The van der Waals surface area contributed by atoms with Gasteiger partial charge in [0, 0.05) is 11.6 Å². The van der Waals surface area contributed by atoms with Gasteiger partial charge in [0.1, 0.15) is 11.8 Å². The first-order valence-electron chi connectivity index (χ1n) is 4.76. The molecule has 0 aromatic heterocycles. The minimum atomic E-state index is -0.644. The van der Waals surface area contributed by atoms with Crippen LogP contribution in [0.1, 0.15) is 34.1 Å². The summed E-state index contributed by atoms with van der Waals surface area (Å²) >= 11 is 0. The van der Waals surface area contributed by atoms with Crippen LogP contribution in [0.3, 0.4) is 0 Å². The Morgan fingerprint density at radius 2 is 1.88 bits per heavy atom. The fourth-order valence-electron chi connectivity index (χ4n) is 1.55. The maximum absolute atomic E-state index is 11.3. The lowest BCUT2D eigenvalue weighted by molar-refractivity contribution is -0.385. The number of fused-ring (bicyclic) bond motifs is 1. The number of hydrogen-bond acceptors (Lipinski definition) is 5. The number of hydrogen-bond donors (Lipinski definition) is 0. The van der Waals surface area contributed by atoms with Crippen LogP contribution in [0.2, 0.25) is 0 Å². The quantitative estimate of drug-likeness (QED) is 0.318. The third-order valence-electron chi connectivity index (χ3n) is 2.14. The van der Waals surface area contributed by atoms with Gasteiger partial charge in [0.25, 0.3) is 5.69 Å². The first kappa shape index (κ1) is 12.7. The molecule has 1 aromatic carbocycles. The molecular formula is C11H9NO5. The highest BCUT2D eigenvalue weighted by Gasteiger charge is 2.33. The van der Waals surface area contributed by atoms with E-state index in [1.807, 2.05) is 0 Å². The van der Waals surface area contributed by atoms with E-state index in [4.69, 9.17) is 4.79 Å². The molecule has 0 unspecified atom stereocenters. The number of nitrogens with zero attached hydrogens (tertiary/aromatic N) is 1. The van der Waals surface area contributed by atoms with Crippen LogP contribution in [-0.4, -0.2) is 22.8 Å². The molecule has 0 saturated heterocycles. The largest absolute Gasteiger partial charge is 0.304 e. The number of ketones is 2. The minimum Gasteiger partial charge on any atom is -0.304 e. The molecule has 0 saturated carbocycles. The lowest BCUT2D eigenvalue weighted by atomic mass is 10.1. The number of carbonyl (C=O) groups is 3. The van der Waals surface area contributed by atoms with Crippen molar-refractivity contribution < 1.29 is 19.3 Å². The smallest absolute Gasteiger partial charge is 0.280 e. The molecule has 0 atom stereocenters. The second kappa shape index (κ2) is 5.11. The molecule has 1 aliphatic carbocycles. The molecule has 0 spiro atoms. The van der Waals surface area contributed by atoms with Crippen molar-refractivity contribution in [2.75, 3.05) is 0 Å². The maximum atomic E-state index is 11.3. The van der Waals surface area contributed by atoms with Crippen LogP contribution in [-0.2, 0) is 4.79 Å². The molecule has 0 aliphatic heterocycles. The second-order valence-corrected chi connectivity index (χ2v) is 3.22. The van der Waals surface area contributed by atoms with Gasteiger partial charge in [-0.15, -0.1) is 0 Å². The van der Waals surface area contributed by atoms with Crippen molar-refractivity contribution in [3.05, 3.63) is 39.4 Å². The van der Waals surface area contributed by atoms with Gasteiger partial charge in [-0.2, -0.15) is 0 Å². The van der Waals surface area contributed by atoms with Crippen molar-refractivity contribution in [2.45, 2.75) is 13.3 Å². The molecular weight excluding hydrogens is 226 g/mol. The lowest BCUT2D eigenvalue weighted by Gasteiger charge is -1.96. The molecule has 6 heteroatoms. The Morgan fingerprint density at radius 1 is 1.29 bits per heavy atom. The number of Topliss-reactive ketones (excluding diaryl/α,β-unsaturated/α-hetero) is 2. The average Bonchev–Trinajstić information content (AvgIpc) is 2.56. The van der Waals surface area contributed by atoms with Crippen molar-refractivity contribution in [2.24, 2.45) is 0 Å². The Kier molecular flexibility index (Phi) is 3.82. The molecule has 0 fully saturated rings. The van der Waals surface area contributed by atoms with Crippen molar-refractivity contribution in [1.82, 2.24) is 0 Å². The van der Waals surface area contributed by atoms with E-state index >= 15 is 0 Å². The summed E-state index contributed by atoms with van der Waals surface area (Å²) in [4.78, 5) is 41.2. The van der Waals surface area contributed by atoms with Crippen LogP contribution < -0.4 is 0 Å². The molecule has 17 heavy (non-hydrogen) atoms.